The maximum Gasteiger partial charge on any atom is 0.407 e. The first kappa shape index (κ1) is 17.4. The van der Waals surface area contributed by atoms with E-state index in [0.29, 0.717) is 6.54 Å². The molecule has 0 aliphatic carbocycles. The van der Waals surface area contributed by atoms with Crippen LogP contribution in [0.3, 0.4) is 0 Å². The molecule has 124 valence electrons. The quantitative estimate of drug-likeness (QED) is 0.678. The fraction of sp³-hybridized carbons (Fsp3) is 0.562. The summed E-state index contributed by atoms with van der Waals surface area (Å²) in [6, 6.07) is 1.84. The third-order valence-corrected chi connectivity index (χ3v) is 3.52. The summed E-state index contributed by atoms with van der Waals surface area (Å²) in [7, 11) is 0. The zero-order valence-electron chi connectivity index (χ0n) is 13.7. The lowest BCUT2D eigenvalue weighted by atomic mass is 10.1. The smallest absolute Gasteiger partial charge is 0.407 e. The first-order chi connectivity index (χ1) is 10.9. The van der Waals surface area contributed by atoms with Gasteiger partial charge >= 0.3 is 6.09 Å². The molecule has 6 nitrogen and oxygen atoms in total. The first-order valence-electron chi connectivity index (χ1n) is 7.65. The highest BCUT2D eigenvalue weighted by molar-refractivity contribution is 7.78. The number of amides is 1. The van der Waals surface area contributed by atoms with Gasteiger partial charge in [0.05, 0.1) is 17.0 Å². The van der Waals surface area contributed by atoms with Crippen LogP contribution in [-0.4, -0.2) is 41.0 Å². The van der Waals surface area contributed by atoms with Crippen LogP contribution in [0.1, 0.15) is 33.6 Å². The van der Waals surface area contributed by atoms with Gasteiger partial charge in [0.1, 0.15) is 11.3 Å². The van der Waals surface area contributed by atoms with E-state index in [1.165, 1.54) is 0 Å². The van der Waals surface area contributed by atoms with Gasteiger partial charge < -0.3 is 15.0 Å². The van der Waals surface area contributed by atoms with Crippen LogP contribution < -0.4 is 10.2 Å². The number of piperidine rings is 1. The number of rotatable bonds is 3. The van der Waals surface area contributed by atoms with Gasteiger partial charge in [-0.15, -0.1) is 0 Å². The van der Waals surface area contributed by atoms with E-state index >= 15 is 0 Å². The van der Waals surface area contributed by atoms with E-state index in [4.69, 9.17) is 17.0 Å². The molecule has 1 aliphatic heterocycles. The number of aliphatic imine (C=N–C) groups is 1. The Balaban J connectivity index is 2.04. The van der Waals surface area contributed by atoms with Crippen molar-refractivity contribution < 1.29 is 9.53 Å². The van der Waals surface area contributed by atoms with E-state index in [2.05, 4.69) is 25.4 Å². The number of pyridine rings is 1. The predicted molar refractivity (Wildman–Crippen MR) is 93.5 cm³/mol. The van der Waals surface area contributed by atoms with Gasteiger partial charge in [-0.3, -0.25) is 4.98 Å². The Labute approximate surface area is 141 Å². The molecule has 1 atom stereocenters. The highest BCUT2D eigenvalue weighted by Crippen LogP contribution is 2.29. The van der Waals surface area contributed by atoms with Gasteiger partial charge in [0.2, 0.25) is 0 Å². The largest absolute Gasteiger partial charge is 0.444 e. The van der Waals surface area contributed by atoms with Crippen molar-refractivity contribution in [1.29, 1.82) is 0 Å². The fourth-order valence-corrected chi connectivity index (χ4v) is 2.65. The topological polar surface area (TPSA) is 66.8 Å². The Hall–Kier alpha value is -1.98. The monoisotopic (exact) mass is 334 g/mol. The number of ether oxygens (including phenoxy) is 1. The molecule has 1 amide bonds. The summed E-state index contributed by atoms with van der Waals surface area (Å²) in [6.07, 6.45) is 4.95. The van der Waals surface area contributed by atoms with Crippen molar-refractivity contribution in [2.45, 2.75) is 45.3 Å². The Morgan fingerprint density at radius 2 is 2.35 bits per heavy atom. The van der Waals surface area contributed by atoms with Crippen molar-refractivity contribution in [2.24, 2.45) is 4.99 Å². The number of nitrogens with one attached hydrogen (secondary N) is 1. The number of hydrogen-bond donors (Lipinski definition) is 1. The highest BCUT2D eigenvalue weighted by atomic mass is 32.1. The zero-order valence-corrected chi connectivity index (χ0v) is 14.5. The third-order valence-electron chi connectivity index (χ3n) is 3.43. The summed E-state index contributed by atoms with van der Waals surface area (Å²) in [5, 5.41) is 5.33. The summed E-state index contributed by atoms with van der Waals surface area (Å²) in [5.74, 6) is 0. The SMILES string of the molecule is CC(C)(C)OC(=O)NC1CCCN(c2cnccc2N=C=S)C1. The van der Waals surface area contributed by atoms with Gasteiger partial charge in [-0.2, -0.15) is 4.99 Å². The number of thiocarbonyl (C=S) groups is 1. The molecule has 1 aromatic heterocycles. The van der Waals surface area contributed by atoms with E-state index in [1.807, 2.05) is 20.8 Å². The lowest BCUT2D eigenvalue weighted by Crippen LogP contribution is -2.49. The van der Waals surface area contributed by atoms with Crippen molar-refractivity contribution in [3.8, 4) is 0 Å². The Morgan fingerprint density at radius 3 is 3.04 bits per heavy atom. The van der Waals surface area contributed by atoms with Crippen LogP contribution >= 0.6 is 12.2 Å². The Kier molecular flexibility index (Phi) is 5.69. The average Bonchev–Trinajstić information content (AvgIpc) is 2.46. The summed E-state index contributed by atoms with van der Waals surface area (Å²) in [5.41, 5.74) is 1.15. The van der Waals surface area contributed by atoms with Crippen LogP contribution in [0.2, 0.25) is 0 Å². The molecule has 0 saturated carbocycles. The van der Waals surface area contributed by atoms with Gasteiger partial charge in [0.25, 0.3) is 0 Å². The molecule has 2 rings (SSSR count). The van der Waals surface area contributed by atoms with Crippen molar-refractivity contribution in [1.82, 2.24) is 10.3 Å². The molecule has 0 radical (unpaired) electrons. The zero-order chi connectivity index (χ0) is 16.9. The second kappa shape index (κ2) is 7.53. The molecule has 1 N–H and O–H groups in total. The van der Waals surface area contributed by atoms with Gasteiger partial charge in [0, 0.05) is 25.3 Å². The summed E-state index contributed by atoms with van der Waals surface area (Å²) < 4.78 is 5.32. The van der Waals surface area contributed by atoms with Gasteiger partial charge in [-0.25, -0.2) is 4.79 Å². The highest BCUT2D eigenvalue weighted by Gasteiger charge is 2.25. The molecule has 1 fully saturated rings. The lowest BCUT2D eigenvalue weighted by molar-refractivity contribution is 0.0500. The number of hydrogen-bond acceptors (Lipinski definition) is 6. The van der Waals surface area contributed by atoms with Crippen LogP contribution in [0.4, 0.5) is 16.2 Å². The number of aromatic nitrogens is 1. The second-order valence-electron chi connectivity index (χ2n) is 6.50. The number of alkyl carbamates (subject to hydrolysis) is 1. The van der Waals surface area contributed by atoms with Gasteiger partial charge in [-0.05, 0) is 51.9 Å². The molecular weight excluding hydrogens is 312 g/mol. The van der Waals surface area contributed by atoms with Crippen LogP contribution in [0.15, 0.2) is 23.5 Å². The molecule has 1 saturated heterocycles. The van der Waals surface area contributed by atoms with Gasteiger partial charge in [0.15, 0.2) is 0 Å². The average molecular weight is 334 g/mol. The fourth-order valence-electron chi connectivity index (χ4n) is 2.55. The minimum absolute atomic E-state index is 0.0307. The molecule has 7 heteroatoms. The molecule has 0 spiro atoms. The molecule has 0 aromatic carbocycles. The Morgan fingerprint density at radius 1 is 1.57 bits per heavy atom. The molecule has 1 aliphatic rings. The molecule has 1 unspecified atom stereocenters. The van der Waals surface area contributed by atoms with E-state index in [0.717, 1.165) is 30.8 Å². The second-order valence-corrected chi connectivity index (χ2v) is 6.68. The minimum Gasteiger partial charge on any atom is -0.444 e. The van der Waals surface area contributed by atoms with E-state index in [9.17, 15) is 4.79 Å². The van der Waals surface area contributed by atoms with Crippen molar-refractivity contribution in [2.75, 3.05) is 18.0 Å². The van der Waals surface area contributed by atoms with E-state index < -0.39 is 5.60 Å². The van der Waals surface area contributed by atoms with Crippen LogP contribution in [0, 0.1) is 0 Å². The summed E-state index contributed by atoms with van der Waals surface area (Å²) in [6.45, 7) is 7.13. The maximum absolute atomic E-state index is 11.9. The summed E-state index contributed by atoms with van der Waals surface area (Å²) >= 11 is 4.70. The molecule has 2 heterocycles. The molecule has 1 aromatic rings. The predicted octanol–water partition coefficient (Wildman–Crippen LogP) is 3.31. The lowest BCUT2D eigenvalue weighted by Gasteiger charge is -2.35. The van der Waals surface area contributed by atoms with E-state index in [-0.39, 0.29) is 12.1 Å². The number of isothiocyanates is 1. The Bertz CT molecular complexity index is 608. The van der Waals surface area contributed by atoms with Crippen molar-refractivity contribution in [3.63, 3.8) is 0 Å². The number of anilines is 1. The maximum atomic E-state index is 11.9. The number of carbonyl (C=O) groups excluding carboxylic acids is 1. The standard InChI is InChI=1S/C16H22N4O2S/c1-16(2,3)22-15(21)19-12-5-4-8-20(10-12)14-9-17-7-6-13(14)18-11-23/h6-7,9,12H,4-5,8,10H2,1-3H3,(H,19,21). The first-order valence-corrected chi connectivity index (χ1v) is 8.06. The van der Waals surface area contributed by atoms with Crippen LogP contribution in [0.25, 0.3) is 0 Å². The van der Waals surface area contributed by atoms with E-state index in [1.54, 1.807) is 18.5 Å². The van der Waals surface area contributed by atoms with Gasteiger partial charge in [-0.1, -0.05) is 0 Å². The number of carbonyl (C=O) groups is 1. The third kappa shape index (κ3) is 5.30. The van der Waals surface area contributed by atoms with Crippen LogP contribution in [-0.2, 0) is 4.74 Å². The van der Waals surface area contributed by atoms with Crippen molar-refractivity contribution in [3.05, 3.63) is 18.5 Å². The van der Waals surface area contributed by atoms with Crippen LogP contribution in [0.5, 0.6) is 0 Å². The molecular formula is C16H22N4O2S. The van der Waals surface area contributed by atoms with Crippen molar-refractivity contribution >= 4 is 34.8 Å². The minimum atomic E-state index is -0.497. The molecule has 23 heavy (non-hydrogen) atoms. The number of nitrogens with zero attached hydrogens (tertiary/aromatic N) is 3. The summed E-state index contributed by atoms with van der Waals surface area (Å²) in [4.78, 5) is 22.3. The normalized spacial score (nSPS) is 18.0. The molecule has 0 bridgehead atoms.